The van der Waals surface area contributed by atoms with Crippen LogP contribution in [0.1, 0.15) is 12.6 Å². The molecule has 6 nitrogen and oxygen atoms in total. The van der Waals surface area contributed by atoms with Crippen LogP contribution in [-0.2, 0) is 22.5 Å². The van der Waals surface area contributed by atoms with Crippen LogP contribution in [0.15, 0.2) is 47.4 Å². The van der Waals surface area contributed by atoms with Crippen molar-refractivity contribution in [3.63, 3.8) is 0 Å². The first-order chi connectivity index (χ1) is 13.0. The zero-order valence-corrected chi connectivity index (χ0v) is 16.3. The summed E-state index contributed by atoms with van der Waals surface area (Å²) in [6, 6.07) is 13.5. The van der Waals surface area contributed by atoms with Gasteiger partial charge in [0.05, 0.1) is 11.4 Å². The molecule has 27 heavy (non-hydrogen) atoms. The number of amides is 1. The Hall–Kier alpha value is -2.64. The minimum Gasteiger partial charge on any atom is -0.612 e. The van der Waals surface area contributed by atoms with E-state index in [0.29, 0.717) is 19.0 Å². The first kappa shape index (κ1) is 17.8. The SMILES string of the molecule is CC(=O)N1CCn2c1nc(-c1cccc(C)n1)c2-c1cccc([S+](C)[O-])c1. The minimum atomic E-state index is -1.08. The number of anilines is 1. The summed E-state index contributed by atoms with van der Waals surface area (Å²) < 4.78 is 14.0. The topological polar surface area (TPSA) is 74.1 Å². The van der Waals surface area contributed by atoms with E-state index >= 15 is 0 Å². The van der Waals surface area contributed by atoms with Crippen LogP contribution in [0.2, 0.25) is 0 Å². The van der Waals surface area contributed by atoms with Crippen molar-refractivity contribution in [2.24, 2.45) is 0 Å². The van der Waals surface area contributed by atoms with Crippen molar-refractivity contribution in [2.45, 2.75) is 25.3 Å². The smallest absolute Gasteiger partial charge is 0.226 e. The molecule has 0 bridgehead atoms. The standard InChI is InChI=1S/C20H20N4O2S/c1-13-6-4-9-17(21-13)18-19(15-7-5-8-16(12-15)27(3)26)24-11-10-23(14(2)25)20(24)22-18/h4-9,12H,10-11H2,1-3H3. The third kappa shape index (κ3) is 3.13. The van der Waals surface area contributed by atoms with E-state index in [1.807, 2.05) is 49.4 Å². The number of benzene rings is 1. The number of carbonyl (C=O) groups is 1. The van der Waals surface area contributed by atoms with Gasteiger partial charge in [0.1, 0.15) is 11.9 Å². The zero-order chi connectivity index (χ0) is 19.1. The van der Waals surface area contributed by atoms with Gasteiger partial charge in [-0.2, -0.15) is 0 Å². The number of hydrogen-bond donors (Lipinski definition) is 0. The van der Waals surface area contributed by atoms with E-state index in [1.54, 1.807) is 18.1 Å². The Morgan fingerprint density at radius 3 is 2.63 bits per heavy atom. The number of aryl methyl sites for hydroxylation is 1. The van der Waals surface area contributed by atoms with E-state index in [1.165, 1.54) is 0 Å². The average Bonchev–Trinajstić information content (AvgIpc) is 3.20. The highest BCUT2D eigenvalue weighted by Gasteiger charge is 2.31. The van der Waals surface area contributed by atoms with E-state index in [-0.39, 0.29) is 5.91 Å². The second-order valence-electron chi connectivity index (χ2n) is 6.58. The summed E-state index contributed by atoms with van der Waals surface area (Å²) in [4.78, 5) is 23.9. The molecule has 1 atom stereocenters. The Kier molecular flexibility index (Phi) is 4.49. The van der Waals surface area contributed by atoms with Crippen LogP contribution in [-0.4, -0.2) is 37.8 Å². The van der Waals surface area contributed by atoms with Crippen molar-refractivity contribution in [1.29, 1.82) is 0 Å². The van der Waals surface area contributed by atoms with Gasteiger partial charge in [-0.3, -0.25) is 14.7 Å². The number of hydrogen-bond acceptors (Lipinski definition) is 4. The molecular weight excluding hydrogens is 360 g/mol. The third-order valence-corrected chi connectivity index (χ3v) is 5.60. The van der Waals surface area contributed by atoms with Gasteiger partial charge < -0.3 is 9.12 Å². The van der Waals surface area contributed by atoms with Crippen LogP contribution in [0, 0.1) is 6.92 Å². The molecule has 0 aliphatic carbocycles. The van der Waals surface area contributed by atoms with Gasteiger partial charge >= 0.3 is 0 Å². The predicted molar refractivity (Wildman–Crippen MR) is 106 cm³/mol. The second kappa shape index (κ2) is 6.83. The quantitative estimate of drug-likeness (QED) is 0.655. The summed E-state index contributed by atoms with van der Waals surface area (Å²) in [6.45, 7) is 4.76. The molecule has 3 aromatic rings. The molecule has 7 heteroatoms. The molecular formula is C20H20N4O2S. The summed E-state index contributed by atoms with van der Waals surface area (Å²) in [7, 11) is 0. The lowest BCUT2D eigenvalue weighted by atomic mass is 10.1. The maximum Gasteiger partial charge on any atom is 0.226 e. The Labute approximate surface area is 161 Å². The fraction of sp³-hybridized carbons (Fsp3) is 0.250. The predicted octanol–water partition coefficient (Wildman–Crippen LogP) is 3.02. The summed E-state index contributed by atoms with van der Waals surface area (Å²) in [6.07, 6.45) is 1.67. The fourth-order valence-electron chi connectivity index (χ4n) is 3.43. The Balaban J connectivity index is 1.96. The van der Waals surface area contributed by atoms with E-state index in [2.05, 4.69) is 9.55 Å². The lowest BCUT2D eigenvalue weighted by Crippen LogP contribution is -2.26. The van der Waals surface area contributed by atoms with Crippen LogP contribution in [0.25, 0.3) is 22.6 Å². The molecule has 1 aliphatic rings. The zero-order valence-electron chi connectivity index (χ0n) is 15.5. The monoisotopic (exact) mass is 380 g/mol. The lowest BCUT2D eigenvalue weighted by molar-refractivity contribution is -0.116. The molecule has 0 saturated carbocycles. The molecule has 3 heterocycles. The normalized spacial score (nSPS) is 14.3. The molecule has 0 radical (unpaired) electrons. The Bertz CT molecular complexity index is 1030. The van der Waals surface area contributed by atoms with Gasteiger partial charge in [-0.1, -0.05) is 18.2 Å². The number of imidazole rings is 1. The summed E-state index contributed by atoms with van der Waals surface area (Å²) in [5, 5.41) is 0. The fourth-order valence-corrected chi connectivity index (χ4v) is 3.99. The highest BCUT2D eigenvalue weighted by molar-refractivity contribution is 7.90. The summed E-state index contributed by atoms with van der Waals surface area (Å²) in [5.74, 6) is 0.608. The van der Waals surface area contributed by atoms with E-state index in [9.17, 15) is 9.35 Å². The number of aromatic nitrogens is 3. The maximum absolute atomic E-state index is 12.0. The van der Waals surface area contributed by atoms with Crippen LogP contribution in [0.5, 0.6) is 0 Å². The number of nitrogens with zero attached hydrogens (tertiary/aromatic N) is 4. The van der Waals surface area contributed by atoms with Gasteiger partial charge in [0.2, 0.25) is 11.9 Å². The second-order valence-corrected chi connectivity index (χ2v) is 7.96. The van der Waals surface area contributed by atoms with Gasteiger partial charge in [0.15, 0.2) is 4.90 Å². The minimum absolute atomic E-state index is 0.0301. The molecule has 1 aliphatic heterocycles. The molecule has 0 saturated heterocycles. The van der Waals surface area contributed by atoms with Gasteiger partial charge in [-0.15, -0.1) is 0 Å². The van der Waals surface area contributed by atoms with Gasteiger partial charge in [-0.05, 0) is 36.3 Å². The molecule has 0 fully saturated rings. The average molecular weight is 380 g/mol. The van der Waals surface area contributed by atoms with Crippen molar-refractivity contribution >= 4 is 23.0 Å². The van der Waals surface area contributed by atoms with E-state index < -0.39 is 11.2 Å². The largest absolute Gasteiger partial charge is 0.612 e. The number of carbonyl (C=O) groups excluding carboxylic acids is 1. The van der Waals surface area contributed by atoms with Crippen molar-refractivity contribution < 1.29 is 9.35 Å². The lowest BCUT2D eigenvalue weighted by Gasteiger charge is -2.10. The highest BCUT2D eigenvalue weighted by atomic mass is 32.2. The molecule has 1 amide bonds. The molecule has 138 valence electrons. The number of rotatable bonds is 3. The van der Waals surface area contributed by atoms with Crippen LogP contribution < -0.4 is 4.90 Å². The van der Waals surface area contributed by atoms with E-state index in [4.69, 9.17) is 4.98 Å². The molecule has 2 aromatic heterocycles. The van der Waals surface area contributed by atoms with E-state index in [0.717, 1.165) is 33.2 Å². The Morgan fingerprint density at radius 1 is 1.15 bits per heavy atom. The van der Waals surface area contributed by atoms with Crippen LogP contribution in [0.3, 0.4) is 0 Å². The van der Waals surface area contributed by atoms with Crippen molar-refractivity contribution in [2.75, 3.05) is 17.7 Å². The molecule has 0 N–H and O–H groups in total. The maximum atomic E-state index is 12.0. The number of pyridine rings is 1. The number of fused-ring (bicyclic) bond motifs is 1. The van der Waals surface area contributed by atoms with Crippen LogP contribution in [0.4, 0.5) is 5.95 Å². The first-order valence-corrected chi connectivity index (χ1v) is 10.3. The molecule has 1 aromatic carbocycles. The van der Waals surface area contributed by atoms with Gasteiger partial charge in [-0.25, -0.2) is 4.98 Å². The molecule has 4 rings (SSSR count). The third-order valence-electron chi connectivity index (χ3n) is 4.69. The first-order valence-electron chi connectivity index (χ1n) is 8.72. The highest BCUT2D eigenvalue weighted by Crippen LogP contribution is 2.38. The van der Waals surface area contributed by atoms with Crippen LogP contribution >= 0.6 is 0 Å². The Morgan fingerprint density at radius 2 is 1.93 bits per heavy atom. The summed E-state index contributed by atoms with van der Waals surface area (Å²) in [5.41, 5.74) is 4.22. The summed E-state index contributed by atoms with van der Waals surface area (Å²) >= 11 is -1.08. The van der Waals surface area contributed by atoms with Crippen molar-refractivity contribution in [3.05, 3.63) is 48.2 Å². The van der Waals surface area contributed by atoms with Gasteiger partial charge in [0.25, 0.3) is 0 Å². The molecule has 0 spiro atoms. The molecule has 1 unspecified atom stereocenters. The van der Waals surface area contributed by atoms with Crippen molar-refractivity contribution in [3.8, 4) is 22.6 Å². The van der Waals surface area contributed by atoms with Crippen molar-refractivity contribution in [1.82, 2.24) is 14.5 Å². The van der Waals surface area contributed by atoms with Gasteiger partial charge in [0, 0.05) is 37.3 Å².